The summed E-state index contributed by atoms with van der Waals surface area (Å²) >= 11 is 0. The topological polar surface area (TPSA) is 53.9 Å². The van der Waals surface area contributed by atoms with Crippen LogP contribution < -0.4 is 0 Å². The van der Waals surface area contributed by atoms with Gasteiger partial charge in [-0.3, -0.25) is 9.89 Å². The molecule has 0 unspecified atom stereocenters. The van der Waals surface area contributed by atoms with Gasteiger partial charge in [0.1, 0.15) is 5.69 Å². The fourth-order valence-electron chi connectivity index (χ4n) is 3.00. The van der Waals surface area contributed by atoms with Crippen molar-refractivity contribution in [1.82, 2.24) is 19.7 Å². The zero-order valence-electron chi connectivity index (χ0n) is 12.0. The molecule has 106 valence electrons. The van der Waals surface area contributed by atoms with Crippen LogP contribution in [0.25, 0.3) is 0 Å². The third-order valence-electron chi connectivity index (χ3n) is 4.13. The van der Waals surface area contributed by atoms with E-state index >= 15 is 0 Å². The van der Waals surface area contributed by atoms with Crippen LogP contribution in [0.5, 0.6) is 0 Å². The number of likely N-dealkylation sites (tertiary alicyclic amines) is 1. The second-order valence-corrected chi connectivity index (χ2v) is 5.48. The average Bonchev–Trinajstić information content (AvgIpc) is 3.06. The maximum Gasteiger partial charge on any atom is 0.271 e. The third kappa shape index (κ3) is 2.13. The van der Waals surface area contributed by atoms with Gasteiger partial charge in [-0.05, 0) is 43.9 Å². The molecule has 0 saturated carbocycles. The maximum atomic E-state index is 12.8. The SMILES string of the molecule is Cc1cn[nH]c1[C@H]1CCCCN1C(=O)c1cccn1C. The molecular weight excluding hydrogens is 252 g/mol. The normalized spacial score (nSPS) is 19.3. The van der Waals surface area contributed by atoms with Gasteiger partial charge in [0, 0.05) is 19.8 Å². The van der Waals surface area contributed by atoms with Crippen molar-refractivity contribution in [2.24, 2.45) is 7.05 Å². The zero-order chi connectivity index (χ0) is 14.1. The third-order valence-corrected chi connectivity index (χ3v) is 4.13. The minimum Gasteiger partial charge on any atom is -0.347 e. The lowest BCUT2D eigenvalue weighted by Gasteiger charge is -2.35. The van der Waals surface area contributed by atoms with Gasteiger partial charge in [0.05, 0.1) is 17.9 Å². The van der Waals surface area contributed by atoms with Gasteiger partial charge in [-0.25, -0.2) is 0 Å². The van der Waals surface area contributed by atoms with E-state index in [-0.39, 0.29) is 11.9 Å². The molecule has 0 aromatic carbocycles. The number of H-pyrrole nitrogens is 1. The highest BCUT2D eigenvalue weighted by Gasteiger charge is 2.31. The number of carbonyl (C=O) groups excluding carboxylic acids is 1. The standard InChI is InChI=1S/C15H20N4O/c1-11-10-16-17-14(11)12-6-3-4-9-19(12)15(20)13-7-5-8-18(13)2/h5,7-8,10,12H,3-4,6,9H2,1-2H3,(H,16,17)/t12-/m1/s1. The predicted octanol–water partition coefficient (Wildman–Crippen LogP) is 2.42. The summed E-state index contributed by atoms with van der Waals surface area (Å²) in [5.41, 5.74) is 2.95. The van der Waals surface area contributed by atoms with Crippen molar-refractivity contribution >= 4 is 5.91 Å². The van der Waals surface area contributed by atoms with E-state index in [0.717, 1.165) is 42.8 Å². The van der Waals surface area contributed by atoms with Gasteiger partial charge in [-0.2, -0.15) is 5.10 Å². The Balaban J connectivity index is 1.92. The Bertz CT molecular complexity index is 613. The van der Waals surface area contributed by atoms with Crippen molar-refractivity contribution in [3.05, 3.63) is 41.5 Å². The first kappa shape index (κ1) is 13.0. The van der Waals surface area contributed by atoms with E-state index < -0.39 is 0 Å². The van der Waals surface area contributed by atoms with Crippen molar-refractivity contribution < 1.29 is 4.79 Å². The summed E-state index contributed by atoms with van der Waals surface area (Å²) in [6.45, 7) is 2.85. The smallest absolute Gasteiger partial charge is 0.271 e. The molecule has 1 aliphatic rings. The molecule has 3 rings (SSSR count). The number of nitrogens with one attached hydrogen (secondary N) is 1. The van der Waals surface area contributed by atoms with Crippen molar-refractivity contribution in [3.8, 4) is 0 Å². The number of hydrogen-bond donors (Lipinski definition) is 1. The first-order chi connectivity index (χ1) is 9.68. The molecule has 1 aliphatic heterocycles. The number of piperidine rings is 1. The van der Waals surface area contributed by atoms with Crippen LogP contribution in [0.4, 0.5) is 0 Å². The van der Waals surface area contributed by atoms with E-state index in [2.05, 4.69) is 10.2 Å². The molecule has 0 aliphatic carbocycles. The number of aromatic nitrogens is 3. The van der Waals surface area contributed by atoms with E-state index in [0.29, 0.717) is 0 Å². The van der Waals surface area contributed by atoms with E-state index in [4.69, 9.17) is 0 Å². The molecule has 1 N–H and O–H groups in total. The van der Waals surface area contributed by atoms with Crippen LogP contribution in [-0.2, 0) is 7.05 Å². The molecule has 3 heterocycles. The second-order valence-electron chi connectivity index (χ2n) is 5.48. The Morgan fingerprint density at radius 3 is 2.95 bits per heavy atom. The molecule has 5 heteroatoms. The van der Waals surface area contributed by atoms with E-state index in [1.165, 1.54) is 0 Å². The zero-order valence-corrected chi connectivity index (χ0v) is 12.0. The maximum absolute atomic E-state index is 12.8. The second kappa shape index (κ2) is 5.15. The van der Waals surface area contributed by atoms with Crippen LogP contribution in [0.1, 0.15) is 47.1 Å². The summed E-state index contributed by atoms with van der Waals surface area (Å²) in [6, 6.07) is 3.91. The van der Waals surface area contributed by atoms with Gasteiger partial charge in [0.15, 0.2) is 0 Å². The minimum atomic E-state index is 0.108. The van der Waals surface area contributed by atoms with Crippen LogP contribution in [-0.4, -0.2) is 32.1 Å². The molecule has 0 spiro atoms. The predicted molar refractivity (Wildman–Crippen MR) is 76.4 cm³/mol. The Hall–Kier alpha value is -2.04. The number of aromatic amines is 1. The Morgan fingerprint density at radius 1 is 1.45 bits per heavy atom. The number of amides is 1. The van der Waals surface area contributed by atoms with Gasteiger partial charge in [0.25, 0.3) is 5.91 Å². The molecular formula is C15H20N4O. The van der Waals surface area contributed by atoms with Gasteiger partial charge in [-0.15, -0.1) is 0 Å². The lowest BCUT2D eigenvalue weighted by atomic mass is 9.97. The van der Waals surface area contributed by atoms with Gasteiger partial charge in [-0.1, -0.05) is 0 Å². The van der Waals surface area contributed by atoms with Crippen molar-refractivity contribution in [2.75, 3.05) is 6.54 Å². The van der Waals surface area contributed by atoms with Crippen molar-refractivity contribution in [2.45, 2.75) is 32.2 Å². The molecule has 20 heavy (non-hydrogen) atoms. The minimum absolute atomic E-state index is 0.108. The van der Waals surface area contributed by atoms with Crippen LogP contribution in [0.3, 0.4) is 0 Å². The molecule has 1 amide bonds. The van der Waals surface area contributed by atoms with Crippen molar-refractivity contribution in [3.63, 3.8) is 0 Å². The molecule has 0 bridgehead atoms. The average molecular weight is 272 g/mol. The summed E-state index contributed by atoms with van der Waals surface area (Å²) in [6.07, 6.45) is 6.96. The highest BCUT2D eigenvalue weighted by atomic mass is 16.2. The van der Waals surface area contributed by atoms with Crippen LogP contribution in [0, 0.1) is 6.92 Å². The number of aryl methyl sites for hydroxylation is 2. The highest BCUT2D eigenvalue weighted by Crippen LogP contribution is 2.32. The Morgan fingerprint density at radius 2 is 2.30 bits per heavy atom. The largest absolute Gasteiger partial charge is 0.347 e. The number of carbonyl (C=O) groups is 1. The molecule has 1 saturated heterocycles. The number of rotatable bonds is 2. The van der Waals surface area contributed by atoms with Gasteiger partial charge < -0.3 is 9.47 Å². The fraction of sp³-hybridized carbons (Fsp3) is 0.467. The molecule has 5 nitrogen and oxygen atoms in total. The highest BCUT2D eigenvalue weighted by molar-refractivity contribution is 5.93. The Kier molecular flexibility index (Phi) is 3.34. The molecule has 0 radical (unpaired) electrons. The number of hydrogen-bond acceptors (Lipinski definition) is 2. The summed E-state index contributed by atoms with van der Waals surface area (Å²) in [5.74, 6) is 0.108. The molecule has 2 aromatic rings. The first-order valence-corrected chi connectivity index (χ1v) is 7.10. The van der Waals surface area contributed by atoms with E-state index in [1.807, 2.05) is 48.0 Å². The van der Waals surface area contributed by atoms with E-state index in [9.17, 15) is 4.79 Å². The summed E-state index contributed by atoms with van der Waals surface area (Å²) in [7, 11) is 1.91. The number of nitrogens with zero attached hydrogens (tertiary/aromatic N) is 3. The Labute approximate surface area is 118 Å². The van der Waals surface area contributed by atoms with Crippen LogP contribution in [0.15, 0.2) is 24.5 Å². The lowest BCUT2D eigenvalue weighted by molar-refractivity contribution is 0.0595. The molecule has 1 fully saturated rings. The monoisotopic (exact) mass is 272 g/mol. The molecule has 2 aromatic heterocycles. The van der Waals surface area contributed by atoms with Gasteiger partial charge in [0.2, 0.25) is 0 Å². The fourth-order valence-corrected chi connectivity index (χ4v) is 3.00. The first-order valence-electron chi connectivity index (χ1n) is 7.10. The van der Waals surface area contributed by atoms with Crippen molar-refractivity contribution in [1.29, 1.82) is 0 Å². The quantitative estimate of drug-likeness (QED) is 0.912. The van der Waals surface area contributed by atoms with E-state index in [1.54, 1.807) is 0 Å². The molecule has 1 atom stereocenters. The van der Waals surface area contributed by atoms with Gasteiger partial charge >= 0.3 is 0 Å². The summed E-state index contributed by atoms with van der Waals surface area (Å²) < 4.78 is 1.88. The lowest BCUT2D eigenvalue weighted by Crippen LogP contribution is -2.39. The summed E-state index contributed by atoms with van der Waals surface area (Å²) in [4.78, 5) is 14.8. The van der Waals surface area contributed by atoms with Crippen LogP contribution in [0.2, 0.25) is 0 Å². The van der Waals surface area contributed by atoms with Crippen LogP contribution >= 0.6 is 0 Å². The summed E-state index contributed by atoms with van der Waals surface area (Å²) in [5, 5.41) is 7.17.